The van der Waals surface area contributed by atoms with Crippen LogP contribution < -0.4 is 14.9 Å². The fourth-order valence-electron chi connectivity index (χ4n) is 1.79. The average molecular weight is 290 g/mol. The summed E-state index contributed by atoms with van der Waals surface area (Å²) in [4.78, 5) is 0. The third-order valence-electron chi connectivity index (χ3n) is 2.75. The van der Waals surface area contributed by atoms with Crippen molar-refractivity contribution in [3.8, 4) is 11.5 Å². The summed E-state index contributed by atoms with van der Waals surface area (Å²) in [5, 5.41) is 22.2. The lowest BCUT2D eigenvalue weighted by atomic mass is 9.80. The van der Waals surface area contributed by atoms with Gasteiger partial charge in [0.15, 0.2) is 5.75 Å². The summed E-state index contributed by atoms with van der Waals surface area (Å²) in [7, 11) is -1.46. The molecule has 0 aliphatic carbocycles. The van der Waals surface area contributed by atoms with Crippen LogP contribution in [0.4, 0.5) is 0 Å². The second-order valence-electron chi connectivity index (χ2n) is 4.90. The number of ether oxygens (including phenoxy) is 2. The Balaban J connectivity index is 1.79. The van der Waals surface area contributed by atoms with Gasteiger partial charge in [-0.15, -0.1) is 0 Å². The van der Waals surface area contributed by atoms with Crippen molar-refractivity contribution in [3.63, 3.8) is 0 Å². The molecule has 0 aliphatic heterocycles. The molecular weight excluding hydrogens is 271 g/mol. The van der Waals surface area contributed by atoms with E-state index in [2.05, 4.69) is 5.10 Å². The Morgan fingerprint density at radius 3 is 2.52 bits per heavy atom. The van der Waals surface area contributed by atoms with Gasteiger partial charge in [-0.1, -0.05) is 12.1 Å². The van der Waals surface area contributed by atoms with Crippen LogP contribution in [0.5, 0.6) is 11.5 Å². The van der Waals surface area contributed by atoms with Crippen LogP contribution >= 0.6 is 0 Å². The van der Waals surface area contributed by atoms with Gasteiger partial charge in [-0.25, -0.2) is 0 Å². The monoisotopic (exact) mass is 290 g/mol. The molecule has 2 aromatic rings. The van der Waals surface area contributed by atoms with Gasteiger partial charge < -0.3 is 19.5 Å². The Bertz CT molecular complexity index is 554. The van der Waals surface area contributed by atoms with Crippen molar-refractivity contribution >= 4 is 12.6 Å². The molecular formula is C14H19BN2O4. The van der Waals surface area contributed by atoms with Gasteiger partial charge in [-0.05, 0) is 31.4 Å². The molecule has 6 nitrogen and oxygen atoms in total. The largest absolute Gasteiger partial charge is 0.492 e. The third-order valence-corrected chi connectivity index (χ3v) is 2.75. The molecule has 1 aromatic heterocycles. The Kier molecular flexibility index (Phi) is 5.24. The Morgan fingerprint density at radius 1 is 1.19 bits per heavy atom. The van der Waals surface area contributed by atoms with Gasteiger partial charge in [0.2, 0.25) is 0 Å². The molecule has 21 heavy (non-hydrogen) atoms. The predicted octanol–water partition coefficient (Wildman–Crippen LogP) is 0.429. The van der Waals surface area contributed by atoms with E-state index in [1.807, 2.05) is 20.0 Å². The summed E-state index contributed by atoms with van der Waals surface area (Å²) in [5.41, 5.74) is 0.435. The van der Waals surface area contributed by atoms with Gasteiger partial charge in [-0.3, -0.25) is 4.68 Å². The normalized spacial score (nSPS) is 10.7. The van der Waals surface area contributed by atoms with E-state index in [0.717, 1.165) is 5.75 Å². The minimum Gasteiger partial charge on any atom is -0.492 e. The molecule has 0 fully saturated rings. The van der Waals surface area contributed by atoms with Gasteiger partial charge in [-0.2, -0.15) is 5.10 Å². The van der Waals surface area contributed by atoms with E-state index in [9.17, 15) is 0 Å². The maximum absolute atomic E-state index is 9.00. The fourth-order valence-corrected chi connectivity index (χ4v) is 1.79. The minimum absolute atomic E-state index is 0.124. The van der Waals surface area contributed by atoms with Crippen molar-refractivity contribution in [3.05, 3.63) is 36.7 Å². The zero-order valence-corrected chi connectivity index (χ0v) is 12.1. The second-order valence-corrected chi connectivity index (χ2v) is 4.90. The number of nitrogens with zero attached hydrogens (tertiary/aromatic N) is 2. The van der Waals surface area contributed by atoms with Crippen LogP contribution in [0, 0.1) is 0 Å². The molecule has 0 bridgehead atoms. The quantitative estimate of drug-likeness (QED) is 0.723. The molecule has 1 heterocycles. The fraction of sp³-hybridized carbons (Fsp3) is 0.357. The van der Waals surface area contributed by atoms with Gasteiger partial charge in [0.1, 0.15) is 12.4 Å². The van der Waals surface area contributed by atoms with E-state index in [1.165, 1.54) is 0 Å². The minimum atomic E-state index is -1.46. The van der Waals surface area contributed by atoms with Crippen molar-refractivity contribution in [1.29, 1.82) is 0 Å². The highest BCUT2D eigenvalue weighted by atomic mass is 16.5. The summed E-state index contributed by atoms with van der Waals surface area (Å²) >= 11 is 0. The molecule has 0 radical (unpaired) electrons. The molecule has 0 atom stereocenters. The van der Waals surface area contributed by atoms with Gasteiger partial charge in [0.25, 0.3) is 0 Å². The highest BCUT2D eigenvalue weighted by molar-refractivity contribution is 6.58. The van der Waals surface area contributed by atoms with Crippen LogP contribution in [0.1, 0.15) is 13.8 Å². The summed E-state index contributed by atoms with van der Waals surface area (Å²) in [6.45, 7) is 5.00. The zero-order valence-electron chi connectivity index (χ0n) is 12.1. The van der Waals surface area contributed by atoms with Crippen molar-refractivity contribution < 1.29 is 19.5 Å². The molecule has 2 N–H and O–H groups in total. The summed E-state index contributed by atoms with van der Waals surface area (Å²) in [5.74, 6) is 1.41. The van der Waals surface area contributed by atoms with Crippen LogP contribution in [0.3, 0.4) is 0 Å². The smallest absolute Gasteiger partial charge is 0.488 e. The van der Waals surface area contributed by atoms with E-state index in [1.54, 1.807) is 35.1 Å². The van der Waals surface area contributed by atoms with Crippen molar-refractivity contribution in [2.45, 2.75) is 26.5 Å². The number of hydrogen-bond acceptors (Lipinski definition) is 5. The lowest BCUT2D eigenvalue weighted by Gasteiger charge is -2.07. The molecule has 0 saturated heterocycles. The SMILES string of the molecule is CC(C)Oc1cnn(CCOc2ccc(B(O)O)cc2)c1. The summed E-state index contributed by atoms with van der Waals surface area (Å²) < 4.78 is 12.8. The Hall–Kier alpha value is -1.99. The number of benzene rings is 1. The highest BCUT2D eigenvalue weighted by Gasteiger charge is 2.09. The molecule has 0 spiro atoms. The summed E-state index contributed by atoms with van der Waals surface area (Å²) in [6.07, 6.45) is 3.63. The maximum Gasteiger partial charge on any atom is 0.488 e. The van der Waals surface area contributed by atoms with Crippen LogP contribution in [-0.4, -0.2) is 39.7 Å². The van der Waals surface area contributed by atoms with Gasteiger partial charge in [0, 0.05) is 0 Å². The zero-order chi connectivity index (χ0) is 15.2. The van der Waals surface area contributed by atoms with Crippen molar-refractivity contribution in [2.24, 2.45) is 0 Å². The maximum atomic E-state index is 9.00. The molecule has 112 valence electrons. The first-order chi connectivity index (χ1) is 10.0. The Labute approximate surface area is 124 Å². The molecule has 0 saturated carbocycles. The number of rotatable bonds is 7. The highest BCUT2D eigenvalue weighted by Crippen LogP contribution is 2.11. The predicted molar refractivity (Wildman–Crippen MR) is 79.8 cm³/mol. The first kappa shape index (κ1) is 15.4. The number of aromatic nitrogens is 2. The lowest BCUT2D eigenvalue weighted by Crippen LogP contribution is -2.29. The topological polar surface area (TPSA) is 76.7 Å². The lowest BCUT2D eigenvalue weighted by molar-refractivity contribution is 0.241. The average Bonchev–Trinajstić information content (AvgIpc) is 2.86. The van der Waals surface area contributed by atoms with E-state index < -0.39 is 7.12 Å². The molecule has 1 aromatic carbocycles. The first-order valence-electron chi connectivity index (χ1n) is 6.82. The van der Waals surface area contributed by atoms with Gasteiger partial charge >= 0.3 is 7.12 Å². The van der Waals surface area contributed by atoms with Crippen LogP contribution in [0.2, 0.25) is 0 Å². The van der Waals surface area contributed by atoms with E-state index >= 15 is 0 Å². The molecule has 7 heteroatoms. The van der Waals surface area contributed by atoms with Crippen molar-refractivity contribution in [1.82, 2.24) is 9.78 Å². The standard InChI is InChI=1S/C14H19BN2O4/c1-11(2)21-14-9-16-17(10-14)7-8-20-13-5-3-12(4-6-13)15(18)19/h3-6,9-11,18-19H,7-8H2,1-2H3. The number of hydrogen-bond donors (Lipinski definition) is 2. The molecule has 0 amide bonds. The van der Waals surface area contributed by atoms with Crippen LogP contribution in [0.25, 0.3) is 0 Å². The molecule has 0 unspecified atom stereocenters. The van der Waals surface area contributed by atoms with E-state index in [0.29, 0.717) is 24.4 Å². The van der Waals surface area contributed by atoms with Crippen LogP contribution in [-0.2, 0) is 6.54 Å². The third kappa shape index (κ3) is 4.80. The first-order valence-corrected chi connectivity index (χ1v) is 6.82. The molecule has 0 aliphatic rings. The van der Waals surface area contributed by atoms with Crippen LogP contribution in [0.15, 0.2) is 36.7 Å². The second kappa shape index (κ2) is 7.15. The molecule has 2 rings (SSSR count). The Morgan fingerprint density at radius 2 is 1.90 bits per heavy atom. The van der Waals surface area contributed by atoms with E-state index in [4.69, 9.17) is 19.5 Å². The van der Waals surface area contributed by atoms with Crippen molar-refractivity contribution in [2.75, 3.05) is 6.61 Å². The van der Waals surface area contributed by atoms with E-state index in [-0.39, 0.29) is 6.10 Å². The summed E-state index contributed by atoms with van der Waals surface area (Å²) in [6, 6.07) is 6.63. The van der Waals surface area contributed by atoms with Gasteiger partial charge in [0.05, 0.1) is 25.0 Å².